The number of unbranched alkanes of at least 4 members (excludes halogenated alkanes) is 18. The number of allylic oxidation sites excluding steroid dienone is 10. The molecule has 0 amide bonds. The lowest BCUT2D eigenvalue weighted by molar-refractivity contribution is -0.870. The van der Waals surface area contributed by atoms with Crippen molar-refractivity contribution in [1.29, 1.82) is 0 Å². The Labute approximate surface area is 367 Å². The zero-order valence-corrected chi connectivity index (χ0v) is 39.1. The van der Waals surface area contributed by atoms with Crippen molar-refractivity contribution >= 4 is 17.9 Å². The number of rotatable bonds is 43. The highest BCUT2D eigenvalue weighted by Gasteiger charge is 2.25. The fourth-order valence-electron chi connectivity index (χ4n) is 6.22. The van der Waals surface area contributed by atoms with Crippen LogP contribution in [-0.4, -0.2) is 87.4 Å². The van der Waals surface area contributed by atoms with E-state index in [0.717, 1.165) is 96.3 Å². The van der Waals surface area contributed by atoms with Gasteiger partial charge in [-0.2, -0.15) is 0 Å². The van der Waals surface area contributed by atoms with E-state index in [4.69, 9.17) is 18.9 Å². The molecule has 9 heteroatoms. The molecule has 0 radical (unpaired) electrons. The first-order chi connectivity index (χ1) is 29.1. The zero-order valence-electron chi connectivity index (χ0n) is 39.1. The molecule has 0 spiro atoms. The molecule has 0 aliphatic rings. The second-order valence-corrected chi connectivity index (χ2v) is 17.1. The van der Waals surface area contributed by atoms with Gasteiger partial charge in [0.2, 0.25) is 0 Å². The second kappa shape index (κ2) is 42.7. The van der Waals surface area contributed by atoms with Crippen LogP contribution in [0.2, 0.25) is 0 Å². The van der Waals surface area contributed by atoms with Gasteiger partial charge in [-0.15, -0.1) is 0 Å². The molecule has 0 aromatic carbocycles. The minimum absolute atomic E-state index is 0.180. The van der Waals surface area contributed by atoms with Gasteiger partial charge in [0.15, 0.2) is 6.10 Å². The molecule has 2 unspecified atom stereocenters. The van der Waals surface area contributed by atoms with E-state index < -0.39 is 24.3 Å². The lowest BCUT2D eigenvalue weighted by atomic mass is 10.1. The smallest absolute Gasteiger partial charge is 0.361 e. The first-order valence-corrected chi connectivity index (χ1v) is 24.0. The average Bonchev–Trinajstić information content (AvgIpc) is 3.21. The number of nitrogens with zero attached hydrogens (tertiary/aromatic N) is 1. The van der Waals surface area contributed by atoms with E-state index >= 15 is 0 Å². The van der Waals surface area contributed by atoms with Gasteiger partial charge in [-0.1, -0.05) is 152 Å². The molecule has 60 heavy (non-hydrogen) atoms. The molecule has 0 fully saturated rings. The number of ether oxygens (including phenoxy) is 4. The first-order valence-electron chi connectivity index (χ1n) is 24.0. The Bertz CT molecular complexity index is 1170. The second-order valence-electron chi connectivity index (χ2n) is 17.1. The monoisotopic (exact) mass is 845 g/mol. The summed E-state index contributed by atoms with van der Waals surface area (Å²) in [5.41, 5.74) is 0. The van der Waals surface area contributed by atoms with Crippen LogP contribution in [-0.2, 0) is 33.3 Å². The van der Waals surface area contributed by atoms with Crippen LogP contribution in [0.5, 0.6) is 0 Å². The lowest BCUT2D eigenvalue weighted by Crippen LogP contribution is -2.40. The molecule has 2 atom stereocenters. The predicted molar refractivity (Wildman–Crippen MR) is 249 cm³/mol. The quantitative estimate of drug-likeness (QED) is 0.0212. The van der Waals surface area contributed by atoms with Gasteiger partial charge in [-0.25, -0.2) is 4.79 Å². The Morgan fingerprint density at radius 2 is 0.900 bits per heavy atom. The van der Waals surface area contributed by atoms with E-state index in [9.17, 15) is 19.5 Å². The third-order valence-electron chi connectivity index (χ3n) is 10.00. The molecular formula is C51H90NO8+. The lowest BCUT2D eigenvalue weighted by Gasteiger charge is -2.25. The van der Waals surface area contributed by atoms with Crippen molar-refractivity contribution in [2.75, 3.05) is 47.5 Å². The van der Waals surface area contributed by atoms with Crippen LogP contribution in [0.3, 0.4) is 0 Å². The highest BCUT2D eigenvalue weighted by Crippen LogP contribution is 2.13. The number of carbonyl (C=O) groups excluding carboxylic acids is 2. The van der Waals surface area contributed by atoms with Crippen LogP contribution >= 0.6 is 0 Å². The number of hydrogen-bond donors (Lipinski definition) is 1. The summed E-state index contributed by atoms with van der Waals surface area (Å²) in [5.74, 6) is -2.05. The van der Waals surface area contributed by atoms with E-state index in [1.165, 1.54) is 57.8 Å². The van der Waals surface area contributed by atoms with Crippen molar-refractivity contribution in [2.45, 2.75) is 200 Å². The van der Waals surface area contributed by atoms with Crippen LogP contribution < -0.4 is 0 Å². The number of quaternary nitrogens is 1. The number of carboxylic acid groups (broad SMARTS) is 1. The zero-order chi connectivity index (χ0) is 44.2. The van der Waals surface area contributed by atoms with Crippen molar-refractivity contribution < 1.29 is 42.9 Å². The summed E-state index contributed by atoms with van der Waals surface area (Å²) < 4.78 is 22.7. The van der Waals surface area contributed by atoms with E-state index in [2.05, 4.69) is 74.6 Å². The van der Waals surface area contributed by atoms with Crippen molar-refractivity contribution in [3.63, 3.8) is 0 Å². The molecule has 0 aromatic rings. The van der Waals surface area contributed by atoms with Crippen molar-refractivity contribution in [2.24, 2.45) is 0 Å². The molecule has 1 N–H and O–H groups in total. The van der Waals surface area contributed by atoms with Crippen LogP contribution in [0.15, 0.2) is 60.8 Å². The van der Waals surface area contributed by atoms with Crippen LogP contribution in [0.1, 0.15) is 187 Å². The van der Waals surface area contributed by atoms with E-state index in [-0.39, 0.29) is 38.6 Å². The van der Waals surface area contributed by atoms with E-state index in [1.807, 2.05) is 21.1 Å². The van der Waals surface area contributed by atoms with E-state index in [0.29, 0.717) is 17.4 Å². The summed E-state index contributed by atoms with van der Waals surface area (Å²) in [4.78, 5) is 37.2. The normalized spacial score (nSPS) is 13.4. The van der Waals surface area contributed by atoms with Gasteiger partial charge in [0.05, 0.1) is 34.4 Å². The summed E-state index contributed by atoms with van der Waals surface area (Å²) in [6.45, 7) is 4.79. The maximum Gasteiger partial charge on any atom is 0.361 e. The molecular weight excluding hydrogens is 755 g/mol. The third-order valence-corrected chi connectivity index (χ3v) is 10.00. The Kier molecular flexibility index (Phi) is 40.5. The predicted octanol–water partition coefficient (Wildman–Crippen LogP) is 12.9. The molecule has 0 aromatic heterocycles. The van der Waals surface area contributed by atoms with Gasteiger partial charge in [0.25, 0.3) is 6.29 Å². The van der Waals surface area contributed by atoms with Gasteiger partial charge in [0, 0.05) is 12.8 Å². The summed E-state index contributed by atoms with van der Waals surface area (Å²) in [6.07, 6.45) is 48.4. The standard InChI is InChI=1S/C51H89NO8/c1-6-8-10-12-14-16-18-20-22-24-25-26-28-30-32-34-36-38-40-42-49(54)60-47(46-59-51(50(55)56)57-44-43-52(3,4)5)45-58-48(53)41-39-37-35-33-31-29-27-23-21-19-17-15-13-11-9-7-2/h14,16-17,19-20,22-23,25-27,47,51H,6-13,15,18,21,24,28-46H2,1-5H3/p+1/b16-14-,19-17-,22-20-,26-25-,27-23-. The largest absolute Gasteiger partial charge is 0.477 e. The molecule has 0 rings (SSSR count). The number of esters is 2. The molecule has 0 bridgehead atoms. The number of carboxylic acids is 1. The van der Waals surface area contributed by atoms with Gasteiger partial charge >= 0.3 is 17.9 Å². The fourth-order valence-corrected chi connectivity index (χ4v) is 6.22. The van der Waals surface area contributed by atoms with Crippen molar-refractivity contribution in [3.8, 4) is 0 Å². The molecule has 0 saturated heterocycles. The Morgan fingerprint density at radius 1 is 0.500 bits per heavy atom. The molecule has 0 aliphatic carbocycles. The highest BCUT2D eigenvalue weighted by atomic mass is 16.7. The molecule has 9 nitrogen and oxygen atoms in total. The maximum atomic E-state index is 12.8. The summed E-state index contributed by atoms with van der Waals surface area (Å²) >= 11 is 0. The number of aliphatic carboxylic acids is 1. The number of likely N-dealkylation sites (N-methyl/N-ethyl adjacent to an activating group) is 1. The van der Waals surface area contributed by atoms with Gasteiger partial charge < -0.3 is 28.5 Å². The van der Waals surface area contributed by atoms with E-state index in [1.54, 1.807) is 0 Å². The Hall–Kier alpha value is -3.01. The van der Waals surface area contributed by atoms with Crippen LogP contribution in [0, 0.1) is 0 Å². The van der Waals surface area contributed by atoms with Gasteiger partial charge in [-0.05, 0) is 83.5 Å². The SMILES string of the molecule is CCCCC/C=C\C/C=C\C/C=C\CCCCCCCCC(=O)OC(COC(=O)CCCCCCC/C=C\C/C=C\CCCCCC)COC(OCC[N+](C)(C)C)C(=O)O. The van der Waals surface area contributed by atoms with Crippen molar-refractivity contribution in [1.82, 2.24) is 0 Å². The minimum Gasteiger partial charge on any atom is -0.477 e. The van der Waals surface area contributed by atoms with Crippen LogP contribution in [0.4, 0.5) is 0 Å². The van der Waals surface area contributed by atoms with Gasteiger partial charge in [0.1, 0.15) is 13.2 Å². The maximum absolute atomic E-state index is 12.8. The molecule has 0 saturated carbocycles. The number of carbonyl (C=O) groups is 3. The highest BCUT2D eigenvalue weighted by molar-refractivity contribution is 5.71. The topological polar surface area (TPSA) is 108 Å². The van der Waals surface area contributed by atoms with Crippen LogP contribution in [0.25, 0.3) is 0 Å². The third kappa shape index (κ3) is 43.1. The Balaban J connectivity index is 4.46. The van der Waals surface area contributed by atoms with Gasteiger partial charge in [-0.3, -0.25) is 9.59 Å². The van der Waals surface area contributed by atoms with Crippen molar-refractivity contribution in [3.05, 3.63) is 60.8 Å². The minimum atomic E-state index is -1.52. The average molecular weight is 845 g/mol. The fraction of sp³-hybridized carbons (Fsp3) is 0.745. The number of hydrogen-bond acceptors (Lipinski definition) is 7. The first kappa shape index (κ1) is 57.0. The summed E-state index contributed by atoms with van der Waals surface area (Å²) in [5, 5.41) is 9.65. The summed E-state index contributed by atoms with van der Waals surface area (Å²) in [6, 6.07) is 0. The Morgan fingerprint density at radius 3 is 1.37 bits per heavy atom. The molecule has 0 heterocycles. The summed E-state index contributed by atoms with van der Waals surface area (Å²) in [7, 11) is 5.94. The molecule has 0 aliphatic heterocycles. The molecule has 346 valence electrons.